The summed E-state index contributed by atoms with van der Waals surface area (Å²) in [6.45, 7) is 4.74. The molecule has 0 amide bonds. The zero-order valence-corrected chi connectivity index (χ0v) is 12.4. The van der Waals surface area contributed by atoms with E-state index in [1.165, 1.54) is 0 Å². The van der Waals surface area contributed by atoms with Crippen molar-refractivity contribution in [2.45, 2.75) is 32.7 Å². The molecule has 0 saturated heterocycles. The minimum Gasteiger partial charge on any atom is -0.314 e. The molecule has 0 radical (unpaired) electrons. The summed E-state index contributed by atoms with van der Waals surface area (Å²) >= 11 is 1.60. The number of benzene rings is 1. The second kappa shape index (κ2) is 6.90. The minimum absolute atomic E-state index is 0.0573. The number of nitrogens with zero attached hydrogens (tertiary/aromatic N) is 1. The maximum Gasteiger partial charge on any atom is 0.162 e. The molecule has 2 nitrogen and oxygen atoms in total. The largest absolute Gasteiger partial charge is 0.314 e. The summed E-state index contributed by atoms with van der Waals surface area (Å²) < 4.78 is 27.0. The van der Waals surface area contributed by atoms with Crippen LogP contribution in [0.4, 0.5) is 8.78 Å². The van der Waals surface area contributed by atoms with Gasteiger partial charge < -0.3 is 5.32 Å². The lowest BCUT2D eigenvalue weighted by Gasteiger charge is -2.17. The molecule has 0 bridgehead atoms. The van der Waals surface area contributed by atoms with Crippen molar-refractivity contribution in [2.75, 3.05) is 6.54 Å². The molecule has 1 N–H and O–H groups in total. The predicted molar refractivity (Wildman–Crippen MR) is 78.1 cm³/mol. The maximum absolute atomic E-state index is 13.7. The predicted octanol–water partition coefficient (Wildman–Crippen LogP) is 3.49. The van der Waals surface area contributed by atoms with E-state index in [9.17, 15) is 8.78 Å². The smallest absolute Gasteiger partial charge is 0.162 e. The Morgan fingerprint density at radius 3 is 2.75 bits per heavy atom. The zero-order valence-electron chi connectivity index (χ0n) is 11.6. The van der Waals surface area contributed by atoms with Gasteiger partial charge in [-0.2, -0.15) is 0 Å². The number of aryl methyl sites for hydroxylation is 1. The van der Waals surface area contributed by atoms with Crippen molar-refractivity contribution in [3.8, 4) is 0 Å². The molecular weight excluding hydrogens is 278 g/mol. The minimum atomic E-state index is -0.789. The molecule has 0 saturated carbocycles. The topological polar surface area (TPSA) is 24.9 Å². The third kappa shape index (κ3) is 3.84. The van der Waals surface area contributed by atoms with E-state index in [0.29, 0.717) is 12.0 Å². The lowest BCUT2D eigenvalue weighted by atomic mass is 10.0. The summed E-state index contributed by atoms with van der Waals surface area (Å²) in [4.78, 5) is 4.43. The molecule has 0 fully saturated rings. The molecule has 20 heavy (non-hydrogen) atoms. The first kappa shape index (κ1) is 15.1. The zero-order chi connectivity index (χ0) is 14.5. The van der Waals surface area contributed by atoms with Gasteiger partial charge in [0.15, 0.2) is 11.6 Å². The third-order valence-electron chi connectivity index (χ3n) is 3.08. The van der Waals surface area contributed by atoms with Crippen LogP contribution in [0.25, 0.3) is 0 Å². The van der Waals surface area contributed by atoms with E-state index in [0.717, 1.165) is 29.7 Å². The number of likely N-dealkylation sites (N-methyl/N-ethyl adjacent to an activating group) is 1. The average Bonchev–Trinajstić information content (AvgIpc) is 2.81. The van der Waals surface area contributed by atoms with Crippen LogP contribution in [0, 0.1) is 18.6 Å². The van der Waals surface area contributed by atoms with Gasteiger partial charge in [-0.05, 0) is 31.5 Å². The van der Waals surface area contributed by atoms with Crippen LogP contribution in [0.3, 0.4) is 0 Å². The lowest BCUT2D eigenvalue weighted by Crippen LogP contribution is -2.33. The number of halogens is 2. The van der Waals surface area contributed by atoms with Crippen LogP contribution < -0.4 is 5.32 Å². The standard InChI is InChI=1S/C15H18F2N2S/c1-3-18-12(8-14-19-10(2)9-20-14)7-11-5-4-6-13(16)15(11)17/h4-6,9,12,18H,3,7-8H2,1-2H3. The van der Waals surface area contributed by atoms with E-state index < -0.39 is 11.6 Å². The monoisotopic (exact) mass is 296 g/mol. The van der Waals surface area contributed by atoms with Crippen LogP contribution in [-0.4, -0.2) is 17.6 Å². The summed E-state index contributed by atoms with van der Waals surface area (Å²) in [7, 11) is 0. The number of thiazole rings is 1. The van der Waals surface area contributed by atoms with Crippen LogP contribution in [0.5, 0.6) is 0 Å². The maximum atomic E-state index is 13.7. The van der Waals surface area contributed by atoms with Gasteiger partial charge in [-0.3, -0.25) is 0 Å². The van der Waals surface area contributed by atoms with Gasteiger partial charge in [0, 0.05) is 23.5 Å². The molecule has 2 rings (SSSR count). The highest BCUT2D eigenvalue weighted by molar-refractivity contribution is 7.09. The summed E-state index contributed by atoms with van der Waals surface area (Å²) in [5.74, 6) is -1.53. The summed E-state index contributed by atoms with van der Waals surface area (Å²) in [5, 5.41) is 6.33. The lowest BCUT2D eigenvalue weighted by molar-refractivity contribution is 0.473. The fourth-order valence-corrected chi connectivity index (χ4v) is 3.04. The van der Waals surface area contributed by atoms with E-state index in [4.69, 9.17) is 0 Å². The number of nitrogens with one attached hydrogen (secondary N) is 1. The number of hydrogen-bond acceptors (Lipinski definition) is 3. The molecule has 2 aromatic rings. The van der Waals surface area contributed by atoms with Crippen LogP contribution in [-0.2, 0) is 12.8 Å². The summed E-state index contributed by atoms with van der Waals surface area (Å²) in [6, 6.07) is 4.38. The molecule has 0 spiro atoms. The van der Waals surface area contributed by atoms with E-state index in [2.05, 4.69) is 10.3 Å². The fraction of sp³-hybridized carbons (Fsp3) is 0.400. The summed E-state index contributed by atoms with van der Waals surface area (Å²) in [5.41, 5.74) is 1.40. The Labute approximate surface area is 121 Å². The van der Waals surface area contributed by atoms with E-state index >= 15 is 0 Å². The first-order valence-electron chi connectivity index (χ1n) is 6.67. The molecule has 108 valence electrons. The Kier molecular flexibility index (Phi) is 5.20. The number of rotatable bonds is 6. The van der Waals surface area contributed by atoms with Crippen molar-refractivity contribution >= 4 is 11.3 Å². The van der Waals surface area contributed by atoms with Gasteiger partial charge in [-0.15, -0.1) is 11.3 Å². The van der Waals surface area contributed by atoms with Gasteiger partial charge in [0.1, 0.15) is 0 Å². The second-order valence-corrected chi connectivity index (χ2v) is 5.70. The SMILES string of the molecule is CCNC(Cc1nc(C)cs1)Cc1cccc(F)c1F. The fourth-order valence-electron chi connectivity index (χ4n) is 2.18. The van der Waals surface area contributed by atoms with Crippen LogP contribution in [0.2, 0.25) is 0 Å². The van der Waals surface area contributed by atoms with Gasteiger partial charge >= 0.3 is 0 Å². The molecular formula is C15H18F2N2S. The van der Waals surface area contributed by atoms with Crippen LogP contribution in [0.15, 0.2) is 23.6 Å². The Morgan fingerprint density at radius 1 is 1.30 bits per heavy atom. The van der Waals surface area contributed by atoms with E-state index in [1.54, 1.807) is 23.5 Å². The first-order valence-corrected chi connectivity index (χ1v) is 7.55. The van der Waals surface area contributed by atoms with Crippen molar-refractivity contribution in [2.24, 2.45) is 0 Å². The quantitative estimate of drug-likeness (QED) is 0.882. The highest BCUT2D eigenvalue weighted by Gasteiger charge is 2.15. The van der Waals surface area contributed by atoms with Crippen molar-refractivity contribution < 1.29 is 8.78 Å². The Balaban J connectivity index is 2.10. The van der Waals surface area contributed by atoms with E-state index in [-0.39, 0.29) is 6.04 Å². The van der Waals surface area contributed by atoms with Gasteiger partial charge in [-0.25, -0.2) is 13.8 Å². The Bertz CT molecular complexity index is 569. The molecule has 0 aliphatic heterocycles. The normalized spacial score (nSPS) is 12.6. The Morgan fingerprint density at radius 2 is 2.10 bits per heavy atom. The van der Waals surface area contributed by atoms with Crippen molar-refractivity contribution in [3.05, 3.63) is 51.5 Å². The first-order chi connectivity index (χ1) is 9.60. The average molecular weight is 296 g/mol. The van der Waals surface area contributed by atoms with Crippen LogP contribution >= 0.6 is 11.3 Å². The molecule has 1 heterocycles. The molecule has 0 aliphatic rings. The van der Waals surface area contributed by atoms with Gasteiger partial charge in [-0.1, -0.05) is 19.1 Å². The number of aromatic nitrogens is 1. The summed E-state index contributed by atoms with van der Waals surface area (Å²) in [6.07, 6.45) is 1.18. The highest BCUT2D eigenvalue weighted by atomic mass is 32.1. The van der Waals surface area contributed by atoms with Gasteiger partial charge in [0.25, 0.3) is 0 Å². The van der Waals surface area contributed by atoms with Crippen LogP contribution in [0.1, 0.15) is 23.2 Å². The van der Waals surface area contributed by atoms with Gasteiger partial charge in [0.05, 0.1) is 5.01 Å². The molecule has 5 heteroatoms. The molecule has 1 unspecified atom stereocenters. The third-order valence-corrected chi connectivity index (χ3v) is 4.07. The Hall–Kier alpha value is -1.33. The van der Waals surface area contributed by atoms with E-state index in [1.807, 2.05) is 19.2 Å². The number of hydrogen-bond donors (Lipinski definition) is 1. The molecule has 1 atom stereocenters. The highest BCUT2D eigenvalue weighted by Crippen LogP contribution is 2.17. The second-order valence-electron chi connectivity index (χ2n) is 4.76. The van der Waals surface area contributed by atoms with Crippen molar-refractivity contribution in [3.63, 3.8) is 0 Å². The molecule has 1 aromatic heterocycles. The van der Waals surface area contributed by atoms with Gasteiger partial charge in [0.2, 0.25) is 0 Å². The molecule has 0 aliphatic carbocycles. The molecule has 1 aromatic carbocycles. The van der Waals surface area contributed by atoms with Crippen molar-refractivity contribution in [1.29, 1.82) is 0 Å². The van der Waals surface area contributed by atoms with Crippen molar-refractivity contribution in [1.82, 2.24) is 10.3 Å².